The highest BCUT2D eigenvalue weighted by molar-refractivity contribution is 6.38. The smallest absolute Gasteiger partial charge is 0.251 e. The maximum atomic E-state index is 12.4. The van der Waals surface area contributed by atoms with Crippen molar-refractivity contribution in [3.05, 3.63) is 35.1 Å². The predicted molar refractivity (Wildman–Crippen MR) is 118 cm³/mol. The number of benzene rings is 1. The molecule has 1 aliphatic rings. The van der Waals surface area contributed by atoms with E-state index < -0.39 is 0 Å². The Bertz CT molecular complexity index is 1310. The molecular weight excluding hydrogens is 402 g/mol. The van der Waals surface area contributed by atoms with Crippen molar-refractivity contribution in [2.24, 2.45) is 0 Å². The molecule has 1 aliphatic carbocycles. The van der Waals surface area contributed by atoms with Crippen LogP contribution >= 0.6 is 11.6 Å². The Labute approximate surface area is 177 Å². The Balaban J connectivity index is 1.68. The number of aromatic nitrogens is 5. The van der Waals surface area contributed by atoms with Crippen molar-refractivity contribution in [2.75, 3.05) is 5.73 Å². The van der Waals surface area contributed by atoms with E-state index >= 15 is 0 Å². The SMILES string of the molecule is CC(C)(C)n1nc(-c2[nH]c3cc(C(=O)NC4CC4)ccc3c2Cl)c2c(N)ncnc21. The Hall–Kier alpha value is -3.13. The van der Waals surface area contributed by atoms with Gasteiger partial charge < -0.3 is 16.0 Å². The molecule has 1 aromatic carbocycles. The van der Waals surface area contributed by atoms with Crippen LogP contribution in [0.15, 0.2) is 24.5 Å². The first-order chi connectivity index (χ1) is 14.2. The number of hydrogen-bond acceptors (Lipinski definition) is 5. The number of hydrogen-bond donors (Lipinski definition) is 3. The van der Waals surface area contributed by atoms with E-state index in [0.717, 1.165) is 23.7 Å². The van der Waals surface area contributed by atoms with Crippen LogP contribution in [-0.2, 0) is 5.54 Å². The lowest BCUT2D eigenvalue weighted by Gasteiger charge is -2.19. The van der Waals surface area contributed by atoms with E-state index in [2.05, 4.69) is 20.3 Å². The van der Waals surface area contributed by atoms with Crippen molar-refractivity contribution in [1.29, 1.82) is 0 Å². The van der Waals surface area contributed by atoms with E-state index in [0.29, 0.717) is 44.9 Å². The first kappa shape index (κ1) is 18.9. The number of nitrogen functional groups attached to an aromatic ring is 1. The van der Waals surface area contributed by atoms with Crippen LogP contribution in [0.3, 0.4) is 0 Å². The number of carbonyl (C=O) groups is 1. The van der Waals surface area contributed by atoms with Crippen molar-refractivity contribution in [1.82, 2.24) is 30.0 Å². The fourth-order valence-electron chi connectivity index (χ4n) is 3.58. The van der Waals surface area contributed by atoms with Crippen LogP contribution in [0, 0.1) is 0 Å². The van der Waals surface area contributed by atoms with Crippen LogP contribution in [0.1, 0.15) is 44.0 Å². The molecular formula is C21H22ClN7O. The van der Waals surface area contributed by atoms with Gasteiger partial charge in [-0.3, -0.25) is 4.79 Å². The minimum absolute atomic E-state index is 0.0771. The summed E-state index contributed by atoms with van der Waals surface area (Å²) in [4.78, 5) is 24.3. The Morgan fingerprint density at radius 2 is 2.07 bits per heavy atom. The zero-order chi connectivity index (χ0) is 21.2. The highest BCUT2D eigenvalue weighted by atomic mass is 35.5. The number of carbonyl (C=O) groups excluding carboxylic acids is 1. The monoisotopic (exact) mass is 423 g/mol. The molecule has 0 aliphatic heterocycles. The van der Waals surface area contributed by atoms with Gasteiger partial charge in [0.2, 0.25) is 0 Å². The minimum atomic E-state index is -0.316. The van der Waals surface area contributed by atoms with E-state index in [-0.39, 0.29) is 11.4 Å². The van der Waals surface area contributed by atoms with Gasteiger partial charge in [-0.15, -0.1) is 0 Å². The number of halogens is 1. The molecule has 0 atom stereocenters. The van der Waals surface area contributed by atoms with Crippen LogP contribution in [-0.4, -0.2) is 36.7 Å². The first-order valence-electron chi connectivity index (χ1n) is 9.86. The van der Waals surface area contributed by atoms with Crippen LogP contribution in [0.2, 0.25) is 5.02 Å². The number of nitrogens with two attached hydrogens (primary N) is 1. The summed E-state index contributed by atoms with van der Waals surface area (Å²) >= 11 is 6.73. The van der Waals surface area contributed by atoms with Crippen molar-refractivity contribution in [3.63, 3.8) is 0 Å². The summed E-state index contributed by atoms with van der Waals surface area (Å²) in [6.07, 6.45) is 3.52. The second-order valence-corrected chi connectivity index (χ2v) is 9.09. The molecule has 8 nitrogen and oxygen atoms in total. The predicted octanol–water partition coefficient (Wildman–Crippen LogP) is 3.86. The van der Waals surface area contributed by atoms with Gasteiger partial charge in [0.05, 0.1) is 21.6 Å². The van der Waals surface area contributed by atoms with Crippen LogP contribution in [0.5, 0.6) is 0 Å². The molecule has 0 unspecified atom stereocenters. The van der Waals surface area contributed by atoms with Crippen molar-refractivity contribution < 1.29 is 4.79 Å². The molecule has 9 heteroatoms. The zero-order valence-electron chi connectivity index (χ0n) is 17.0. The molecule has 0 radical (unpaired) electrons. The molecule has 5 rings (SSSR count). The lowest BCUT2D eigenvalue weighted by molar-refractivity contribution is 0.0951. The fourth-order valence-corrected chi connectivity index (χ4v) is 3.88. The average Bonchev–Trinajstić information content (AvgIpc) is 3.31. The Morgan fingerprint density at radius 1 is 1.30 bits per heavy atom. The van der Waals surface area contributed by atoms with E-state index in [1.54, 1.807) is 6.07 Å². The summed E-state index contributed by atoms with van der Waals surface area (Å²) in [5, 5.41) is 9.77. The van der Waals surface area contributed by atoms with Crippen molar-refractivity contribution in [3.8, 4) is 11.4 Å². The van der Waals surface area contributed by atoms with Crippen LogP contribution in [0.4, 0.5) is 5.82 Å². The highest BCUT2D eigenvalue weighted by Crippen LogP contribution is 2.39. The molecule has 0 bridgehead atoms. The van der Waals surface area contributed by atoms with E-state index in [1.165, 1.54) is 6.33 Å². The largest absolute Gasteiger partial charge is 0.383 e. The molecule has 4 N–H and O–H groups in total. The van der Waals surface area contributed by atoms with Crippen LogP contribution < -0.4 is 11.1 Å². The summed E-state index contributed by atoms with van der Waals surface area (Å²) in [7, 11) is 0. The summed E-state index contributed by atoms with van der Waals surface area (Å²) < 4.78 is 1.83. The van der Waals surface area contributed by atoms with E-state index in [4.69, 9.17) is 22.4 Å². The summed E-state index contributed by atoms with van der Waals surface area (Å²) in [5.41, 5.74) is 9.08. The van der Waals surface area contributed by atoms with Gasteiger partial charge in [0.15, 0.2) is 5.65 Å². The molecule has 1 amide bonds. The third-order valence-electron chi connectivity index (χ3n) is 5.28. The van der Waals surface area contributed by atoms with E-state index in [1.807, 2.05) is 37.6 Å². The standard InChI is InChI=1S/C21H22ClN7O/c1-21(2,3)29-19-14(18(23)24-9-25-19)16(28-29)17-15(22)12-7-4-10(8-13(12)27-17)20(30)26-11-5-6-11/h4,7-9,11,27H,5-6H2,1-3H3,(H,26,30)(H2,23,24,25). The summed E-state index contributed by atoms with van der Waals surface area (Å²) in [6.45, 7) is 6.12. The third-order valence-corrected chi connectivity index (χ3v) is 5.67. The lowest BCUT2D eigenvalue weighted by atomic mass is 10.1. The Kier molecular flexibility index (Phi) is 4.05. The number of amides is 1. The summed E-state index contributed by atoms with van der Waals surface area (Å²) in [6, 6.07) is 5.74. The van der Waals surface area contributed by atoms with Gasteiger partial charge in [0.1, 0.15) is 17.8 Å². The maximum absolute atomic E-state index is 12.4. The molecule has 3 aromatic heterocycles. The molecule has 1 fully saturated rings. The van der Waals surface area contributed by atoms with Gasteiger partial charge in [0.25, 0.3) is 5.91 Å². The van der Waals surface area contributed by atoms with Gasteiger partial charge in [-0.05, 0) is 45.7 Å². The second-order valence-electron chi connectivity index (χ2n) is 8.71. The first-order valence-corrected chi connectivity index (χ1v) is 10.2. The second kappa shape index (κ2) is 6.43. The van der Waals surface area contributed by atoms with Gasteiger partial charge in [-0.1, -0.05) is 17.7 Å². The molecule has 0 spiro atoms. The Morgan fingerprint density at radius 3 is 2.77 bits per heavy atom. The normalized spacial score (nSPS) is 14.5. The lowest BCUT2D eigenvalue weighted by Crippen LogP contribution is -2.25. The minimum Gasteiger partial charge on any atom is -0.383 e. The van der Waals surface area contributed by atoms with Gasteiger partial charge in [-0.25, -0.2) is 14.6 Å². The average molecular weight is 424 g/mol. The topological polar surface area (TPSA) is 115 Å². The quantitative estimate of drug-likeness (QED) is 0.463. The number of rotatable bonds is 3. The fraction of sp³-hybridized carbons (Fsp3) is 0.333. The molecule has 0 saturated heterocycles. The number of anilines is 1. The molecule has 1 saturated carbocycles. The maximum Gasteiger partial charge on any atom is 0.251 e. The summed E-state index contributed by atoms with van der Waals surface area (Å²) in [5.74, 6) is 0.261. The molecule has 154 valence electrons. The van der Waals surface area contributed by atoms with Crippen molar-refractivity contribution in [2.45, 2.75) is 45.2 Å². The third kappa shape index (κ3) is 2.99. The van der Waals surface area contributed by atoms with Gasteiger partial charge in [0, 0.05) is 22.5 Å². The van der Waals surface area contributed by atoms with Gasteiger partial charge >= 0.3 is 0 Å². The molecule has 30 heavy (non-hydrogen) atoms. The van der Waals surface area contributed by atoms with E-state index in [9.17, 15) is 4.79 Å². The van der Waals surface area contributed by atoms with Gasteiger partial charge in [-0.2, -0.15) is 5.10 Å². The highest BCUT2D eigenvalue weighted by Gasteiger charge is 2.27. The number of H-pyrrole nitrogens is 1. The molecule has 4 aromatic rings. The van der Waals surface area contributed by atoms with Crippen molar-refractivity contribution >= 4 is 45.3 Å². The number of aromatic amines is 1. The number of nitrogens with one attached hydrogen (secondary N) is 2. The number of nitrogens with zero attached hydrogens (tertiary/aromatic N) is 4. The number of fused-ring (bicyclic) bond motifs is 2. The van der Waals surface area contributed by atoms with Crippen LogP contribution in [0.25, 0.3) is 33.3 Å². The zero-order valence-corrected chi connectivity index (χ0v) is 17.7. The molecule has 3 heterocycles.